The lowest BCUT2D eigenvalue weighted by molar-refractivity contribution is -0.146. The van der Waals surface area contributed by atoms with E-state index >= 15 is 0 Å². The molecule has 3 nitrogen and oxygen atoms in total. The Bertz CT molecular complexity index is 357. The van der Waals surface area contributed by atoms with Crippen LogP contribution in [-0.2, 0) is 16.1 Å². The zero-order valence-electron chi connectivity index (χ0n) is 9.53. The fourth-order valence-electron chi connectivity index (χ4n) is 1.86. The van der Waals surface area contributed by atoms with E-state index in [2.05, 4.69) is 17.4 Å². The van der Waals surface area contributed by atoms with Crippen molar-refractivity contribution < 1.29 is 9.53 Å². The Morgan fingerprint density at radius 3 is 2.62 bits per heavy atom. The average molecular weight is 219 g/mol. The third-order valence-corrected chi connectivity index (χ3v) is 3.11. The molecule has 3 heteroatoms. The van der Waals surface area contributed by atoms with E-state index in [0.29, 0.717) is 6.54 Å². The van der Waals surface area contributed by atoms with Crippen molar-refractivity contribution in [2.24, 2.45) is 5.41 Å². The van der Waals surface area contributed by atoms with Crippen molar-refractivity contribution in [1.29, 1.82) is 0 Å². The summed E-state index contributed by atoms with van der Waals surface area (Å²) < 4.78 is 4.80. The number of ether oxygens (including phenoxy) is 1. The summed E-state index contributed by atoms with van der Waals surface area (Å²) in [6.45, 7) is 1.52. The molecule has 0 bridgehead atoms. The quantitative estimate of drug-likeness (QED) is 0.766. The normalized spacial score (nSPS) is 16.8. The summed E-state index contributed by atoms with van der Waals surface area (Å²) in [4.78, 5) is 11.5. The maximum Gasteiger partial charge on any atom is 0.313 e. The highest BCUT2D eigenvalue weighted by Crippen LogP contribution is 2.46. The van der Waals surface area contributed by atoms with Crippen LogP contribution in [0.4, 0.5) is 0 Å². The lowest BCUT2D eigenvalue weighted by Crippen LogP contribution is -2.30. The number of hydrogen-bond donors (Lipinski definition) is 1. The first-order chi connectivity index (χ1) is 7.77. The van der Waals surface area contributed by atoms with Crippen LogP contribution in [0.1, 0.15) is 18.4 Å². The SMILES string of the molecule is COC(=O)C1(CNCc2ccccc2)CC1. The number of benzene rings is 1. The Kier molecular flexibility index (Phi) is 3.25. The molecule has 16 heavy (non-hydrogen) atoms. The fraction of sp³-hybridized carbons (Fsp3) is 0.462. The van der Waals surface area contributed by atoms with Gasteiger partial charge in [-0.1, -0.05) is 30.3 Å². The Morgan fingerprint density at radius 1 is 1.38 bits per heavy atom. The largest absolute Gasteiger partial charge is 0.469 e. The summed E-state index contributed by atoms with van der Waals surface area (Å²) in [5, 5.41) is 3.32. The predicted molar refractivity (Wildman–Crippen MR) is 61.8 cm³/mol. The predicted octanol–water partition coefficient (Wildman–Crippen LogP) is 1.73. The van der Waals surface area contributed by atoms with E-state index in [-0.39, 0.29) is 11.4 Å². The van der Waals surface area contributed by atoms with Gasteiger partial charge in [-0.2, -0.15) is 0 Å². The van der Waals surface area contributed by atoms with Crippen LogP contribution in [0.2, 0.25) is 0 Å². The average Bonchev–Trinajstić information content (AvgIpc) is 3.11. The number of nitrogens with one attached hydrogen (secondary N) is 1. The smallest absolute Gasteiger partial charge is 0.313 e. The van der Waals surface area contributed by atoms with Gasteiger partial charge in [0.2, 0.25) is 0 Å². The molecule has 0 heterocycles. The van der Waals surface area contributed by atoms with E-state index < -0.39 is 0 Å². The van der Waals surface area contributed by atoms with Gasteiger partial charge in [-0.05, 0) is 18.4 Å². The van der Waals surface area contributed by atoms with Crippen LogP contribution in [0, 0.1) is 5.41 Å². The molecule has 0 amide bonds. The molecule has 0 saturated heterocycles. The van der Waals surface area contributed by atoms with Gasteiger partial charge in [0, 0.05) is 13.1 Å². The topological polar surface area (TPSA) is 38.3 Å². The monoisotopic (exact) mass is 219 g/mol. The van der Waals surface area contributed by atoms with Crippen molar-refractivity contribution in [3.05, 3.63) is 35.9 Å². The van der Waals surface area contributed by atoms with Crippen LogP contribution in [0.15, 0.2) is 30.3 Å². The summed E-state index contributed by atoms with van der Waals surface area (Å²) in [6.07, 6.45) is 1.89. The molecule has 0 spiro atoms. The Balaban J connectivity index is 1.79. The molecular weight excluding hydrogens is 202 g/mol. The molecule has 0 aromatic heterocycles. The molecule has 1 N–H and O–H groups in total. The van der Waals surface area contributed by atoms with E-state index in [1.54, 1.807) is 0 Å². The van der Waals surface area contributed by atoms with E-state index in [9.17, 15) is 4.79 Å². The highest BCUT2D eigenvalue weighted by Gasteiger charge is 2.50. The first-order valence-electron chi connectivity index (χ1n) is 5.60. The molecule has 0 radical (unpaired) electrons. The van der Waals surface area contributed by atoms with Gasteiger partial charge >= 0.3 is 5.97 Å². The number of hydrogen-bond acceptors (Lipinski definition) is 3. The van der Waals surface area contributed by atoms with Gasteiger partial charge < -0.3 is 10.1 Å². The van der Waals surface area contributed by atoms with Crippen molar-refractivity contribution in [3.8, 4) is 0 Å². The summed E-state index contributed by atoms with van der Waals surface area (Å²) in [7, 11) is 1.46. The highest BCUT2D eigenvalue weighted by atomic mass is 16.5. The van der Waals surface area contributed by atoms with Crippen LogP contribution in [0.5, 0.6) is 0 Å². The molecule has 86 valence electrons. The maximum atomic E-state index is 11.5. The summed E-state index contributed by atoms with van der Waals surface area (Å²) in [6, 6.07) is 10.2. The summed E-state index contributed by atoms with van der Waals surface area (Å²) >= 11 is 0. The van der Waals surface area contributed by atoms with Crippen molar-refractivity contribution in [2.45, 2.75) is 19.4 Å². The highest BCUT2D eigenvalue weighted by molar-refractivity contribution is 5.80. The standard InChI is InChI=1S/C13H17NO2/c1-16-12(15)13(7-8-13)10-14-9-11-5-3-2-4-6-11/h2-6,14H,7-10H2,1H3. The lowest BCUT2D eigenvalue weighted by atomic mass is 10.1. The molecule has 1 aromatic carbocycles. The Hall–Kier alpha value is -1.35. The van der Waals surface area contributed by atoms with Crippen molar-refractivity contribution in [3.63, 3.8) is 0 Å². The van der Waals surface area contributed by atoms with Gasteiger partial charge in [-0.3, -0.25) is 4.79 Å². The minimum atomic E-state index is -0.233. The fourth-order valence-corrected chi connectivity index (χ4v) is 1.86. The van der Waals surface area contributed by atoms with Gasteiger partial charge in [0.15, 0.2) is 0 Å². The molecule has 2 rings (SSSR count). The molecule has 1 aliphatic carbocycles. The molecule has 1 fully saturated rings. The van der Waals surface area contributed by atoms with E-state index in [0.717, 1.165) is 19.4 Å². The Labute approximate surface area is 95.8 Å². The minimum absolute atomic E-state index is 0.0759. The van der Waals surface area contributed by atoms with E-state index in [1.165, 1.54) is 12.7 Å². The van der Waals surface area contributed by atoms with E-state index in [1.807, 2.05) is 18.2 Å². The van der Waals surface area contributed by atoms with Crippen molar-refractivity contribution in [1.82, 2.24) is 5.32 Å². The molecular formula is C13H17NO2. The second-order valence-corrected chi connectivity index (χ2v) is 4.36. The first-order valence-corrected chi connectivity index (χ1v) is 5.60. The van der Waals surface area contributed by atoms with Crippen molar-refractivity contribution >= 4 is 5.97 Å². The second kappa shape index (κ2) is 4.66. The van der Waals surface area contributed by atoms with Gasteiger partial charge in [0.1, 0.15) is 0 Å². The molecule has 0 aliphatic heterocycles. The van der Waals surface area contributed by atoms with Crippen LogP contribution in [-0.4, -0.2) is 19.6 Å². The third-order valence-electron chi connectivity index (χ3n) is 3.11. The molecule has 1 saturated carbocycles. The zero-order chi connectivity index (χ0) is 11.4. The number of carbonyl (C=O) groups excluding carboxylic acids is 1. The van der Waals surface area contributed by atoms with Crippen LogP contribution < -0.4 is 5.32 Å². The van der Waals surface area contributed by atoms with Crippen LogP contribution in [0.3, 0.4) is 0 Å². The van der Waals surface area contributed by atoms with E-state index in [4.69, 9.17) is 4.74 Å². The van der Waals surface area contributed by atoms with Crippen LogP contribution >= 0.6 is 0 Å². The summed E-state index contributed by atoms with van der Waals surface area (Å²) in [5.41, 5.74) is 1.01. The first kappa shape index (κ1) is 11.1. The maximum absolute atomic E-state index is 11.5. The number of carbonyl (C=O) groups is 1. The zero-order valence-corrected chi connectivity index (χ0v) is 9.53. The second-order valence-electron chi connectivity index (χ2n) is 4.36. The van der Waals surface area contributed by atoms with Crippen molar-refractivity contribution in [2.75, 3.05) is 13.7 Å². The number of esters is 1. The van der Waals surface area contributed by atoms with Gasteiger partial charge in [-0.25, -0.2) is 0 Å². The number of methoxy groups -OCH3 is 1. The van der Waals surface area contributed by atoms with Gasteiger partial charge in [0.05, 0.1) is 12.5 Å². The van der Waals surface area contributed by atoms with Gasteiger partial charge in [-0.15, -0.1) is 0 Å². The molecule has 0 atom stereocenters. The molecule has 0 unspecified atom stereocenters. The minimum Gasteiger partial charge on any atom is -0.469 e. The third kappa shape index (κ3) is 2.42. The summed E-state index contributed by atoms with van der Waals surface area (Å²) in [5.74, 6) is -0.0759. The molecule has 1 aromatic rings. The Morgan fingerprint density at radius 2 is 2.06 bits per heavy atom. The van der Waals surface area contributed by atoms with Crippen LogP contribution in [0.25, 0.3) is 0 Å². The molecule has 1 aliphatic rings. The number of rotatable bonds is 5. The lowest BCUT2D eigenvalue weighted by Gasteiger charge is -2.13. The van der Waals surface area contributed by atoms with Gasteiger partial charge in [0.25, 0.3) is 0 Å².